The minimum Gasteiger partial charge on any atom is -0.325 e. The predicted molar refractivity (Wildman–Crippen MR) is 127 cm³/mol. The highest BCUT2D eigenvalue weighted by atomic mass is 32.1. The summed E-state index contributed by atoms with van der Waals surface area (Å²) in [5.41, 5.74) is 4.31. The Kier molecular flexibility index (Phi) is 5.78. The summed E-state index contributed by atoms with van der Waals surface area (Å²) in [7, 11) is 0. The van der Waals surface area contributed by atoms with Crippen molar-refractivity contribution in [1.29, 1.82) is 0 Å². The predicted octanol–water partition coefficient (Wildman–Crippen LogP) is 5.66. The van der Waals surface area contributed by atoms with Crippen LogP contribution in [0.3, 0.4) is 0 Å². The molecule has 0 bridgehead atoms. The number of benzene rings is 3. The third-order valence-electron chi connectivity index (χ3n) is 5.83. The molecule has 1 aliphatic rings. The largest absolute Gasteiger partial charge is 0.325 e. The SMILES string of the molecule is O=C(CN1CCCC1c1nc2ccccc2s1)Nc1ccccc1Cc1ccccc1. The highest BCUT2D eigenvalue weighted by Crippen LogP contribution is 2.36. The fourth-order valence-electron chi connectivity index (χ4n) is 4.31. The van der Waals surface area contributed by atoms with E-state index in [1.165, 1.54) is 10.3 Å². The molecule has 2 heterocycles. The van der Waals surface area contributed by atoms with Gasteiger partial charge in [0.15, 0.2) is 0 Å². The van der Waals surface area contributed by atoms with Gasteiger partial charge >= 0.3 is 0 Å². The van der Waals surface area contributed by atoms with Crippen LogP contribution in [-0.2, 0) is 11.2 Å². The maximum Gasteiger partial charge on any atom is 0.238 e. The lowest BCUT2D eigenvalue weighted by molar-refractivity contribution is -0.117. The van der Waals surface area contributed by atoms with Crippen molar-refractivity contribution in [3.63, 3.8) is 0 Å². The molecule has 5 heteroatoms. The highest BCUT2D eigenvalue weighted by Gasteiger charge is 2.30. The number of rotatable bonds is 6. The first-order valence-corrected chi connectivity index (χ1v) is 11.6. The van der Waals surface area contributed by atoms with Gasteiger partial charge in [0.2, 0.25) is 5.91 Å². The second-order valence-corrected chi connectivity index (χ2v) is 9.08. The number of carbonyl (C=O) groups excluding carboxylic acids is 1. The summed E-state index contributed by atoms with van der Waals surface area (Å²) >= 11 is 1.75. The van der Waals surface area contributed by atoms with Crippen molar-refractivity contribution < 1.29 is 4.79 Å². The van der Waals surface area contributed by atoms with Crippen LogP contribution >= 0.6 is 11.3 Å². The molecule has 1 N–H and O–H groups in total. The van der Waals surface area contributed by atoms with E-state index in [1.54, 1.807) is 11.3 Å². The number of aromatic nitrogens is 1. The first-order valence-electron chi connectivity index (χ1n) is 10.8. The fourth-order valence-corrected chi connectivity index (χ4v) is 5.45. The van der Waals surface area contributed by atoms with E-state index in [2.05, 4.69) is 46.6 Å². The van der Waals surface area contributed by atoms with E-state index >= 15 is 0 Å². The van der Waals surface area contributed by atoms with Crippen molar-refractivity contribution in [2.24, 2.45) is 0 Å². The third-order valence-corrected chi connectivity index (χ3v) is 6.97. The molecular formula is C26H25N3OS. The Bertz CT molecular complexity index is 1150. The van der Waals surface area contributed by atoms with Crippen LogP contribution in [0.5, 0.6) is 0 Å². The van der Waals surface area contributed by atoms with Crippen LogP contribution in [0, 0.1) is 0 Å². The molecular weight excluding hydrogens is 402 g/mol. The van der Waals surface area contributed by atoms with Crippen molar-refractivity contribution >= 4 is 33.1 Å². The van der Waals surface area contributed by atoms with Gasteiger partial charge in [-0.1, -0.05) is 60.7 Å². The number of carbonyl (C=O) groups is 1. The van der Waals surface area contributed by atoms with E-state index in [-0.39, 0.29) is 11.9 Å². The zero-order valence-electron chi connectivity index (χ0n) is 17.3. The number of hydrogen-bond acceptors (Lipinski definition) is 4. The van der Waals surface area contributed by atoms with Crippen LogP contribution in [0.15, 0.2) is 78.9 Å². The molecule has 1 aromatic heterocycles. The van der Waals surface area contributed by atoms with Crippen molar-refractivity contribution in [3.8, 4) is 0 Å². The van der Waals surface area contributed by atoms with Gasteiger partial charge in [0.05, 0.1) is 22.8 Å². The third kappa shape index (κ3) is 4.53. The van der Waals surface area contributed by atoms with Crippen LogP contribution in [-0.4, -0.2) is 28.9 Å². The van der Waals surface area contributed by atoms with E-state index in [9.17, 15) is 4.79 Å². The molecule has 0 radical (unpaired) electrons. The average Bonchev–Trinajstić information content (AvgIpc) is 3.42. The summed E-state index contributed by atoms with van der Waals surface area (Å²) in [6.45, 7) is 1.32. The molecule has 5 rings (SSSR count). The number of likely N-dealkylation sites (tertiary alicyclic amines) is 1. The number of para-hydroxylation sites is 2. The number of amides is 1. The molecule has 4 aromatic rings. The van der Waals surface area contributed by atoms with Crippen LogP contribution in [0.25, 0.3) is 10.2 Å². The second kappa shape index (κ2) is 9.00. The molecule has 156 valence electrons. The van der Waals surface area contributed by atoms with Crippen LogP contribution in [0.2, 0.25) is 0 Å². The maximum atomic E-state index is 13.0. The van der Waals surface area contributed by atoms with E-state index in [0.717, 1.165) is 47.6 Å². The summed E-state index contributed by atoms with van der Waals surface area (Å²) in [5, 5.41) is 4.28. The van der Waals surface area contributed by atoms with Gasteiger partial charge in [0, 0.05) is 5.69 Å². The summed E-state index contributed by atoms with van der Waals surface area (Å²) in [6.07, 6.45) is 2.95. The Morgan fingerprint density at radius 2 is 1.77 bits per heavy atom. The summed E-state index contributed by atoms with van der Waals surface area (Å²) < 4.78 is 1.21. The Morgan fingerprint density at radius 3 is 2.65 bits per heavy atom. The molecule has 4 nitrogen and oxygen atoms in total. The van der Waals surface area contributed by atoms with Gasteiger partial charge in [0.25, 0.3) is 0 Å². The zero-order valence-corrected chi connectivity index (χ0v) is 18.1. The molecule has 1 fully saturated rings. The highest BCUT2D eigenvalue weighted by molar-refractivity contribution is 7.18. The van der Waals surface area contributed by atoms with Gasteiger partial charge in [-0.3, -0.25) is 9.69 Å². The lowest BCUT2D eigenvalue weighted by Gasteiger charge is -2.22. The van der Waals surface area contributed by atoms with Crippen LogP contribution < -0.4 is 5.32 Å². The Balaban J connectivity index is 1.28. The molecule has 1 aliphatic heterocycles. The second-order valence-electron chi connectivity index (χ2n) is 8.02. The minimum absolute atomic E-state index is 0.0357. The summed E-state index contributed by atoms with van der Waals surface area (Å²) in [6, 6.07) is 26.9. The summed E-state index contributed by atoms with van der Waals surface area (Å²) in [5.74, 6) is 0.0357. The summed E-state index contributed by atoms with van der Waals surface area (Å²) in [4.78, 5) is 20.1. The zero-order chi connectivity index (χ0) is 21.0. The molecule has 1 atom stereocenters. The number of fused-ring (bicyclic) bond motifs is 1. The first kappa shape index (κ1) is 19.9. The van der Waals surface area contributed by atoms with E-state index in [1.807, 2.05) is 42.5 Å². The van der Waals surface area contributed by atoms with Gasteiger partial charge < -0.3 is 5.32 Å². The number of hydrogen-bond donors (Lipinski definition) is 1. The molecule has 3 aromatic carbocycles. The quantitative estimate of drug-likeness (QED) is 0.432. The Morgan fingerprint density at radius 1 is 1.00 bits per heavy atom. The van der Waals surface area contributed by atoms with Crippen molar-refractivity contribution in [1.82, 2.24) is 9.88 Å². The molecule has 1 unspecified atom stereocenters. The first-order chi connectivity index (χ1) is 15.3. The molecule has 1 saturated heterocycles. The monoisotopic (exact) mass is 427 g/mol. The van der Waals surface area contributed by atoms with Crippen LogP contribution in [0.4, 0.5) is 5.69 Å². The van der Waals surface area contributed by atoms with E-state index < -0.39 is 0 Å². The number of nitrogens with zero attached hydrogens (tertiary/aromatic N) is 2. The van der Waals surface area contributed by atoms with Gasteiger partial charge in [-0.2, -0.15) is 0 Å². The average molecular weight is 428 g/mol. The maximum absolute atomic E-state index is 13.0. The number of thiazole rings is 1. The molecule has 31 heavy (non-hydrogen) atoms. The molecule has 1 amide bonds. The number of anilines is 1. The molecule has 0 aliphatic carbocycles. The van der Waals surface area contributed by atoms with Gasteiger partial charge in [0.1, 0.15) is 5.01 Å². The fraction of sp³-hybridized carbons (Fsp3) is 0.231. The minimum atomic E-state index is 0.0357. The number of nitrogens with one attached hydrogen (secondary N) is 1. The lowest BCUT2D eigenvalue weighted by atomic mass is 10.0. The van der Waals surface area contributed by atoms with Crippen molar-refractivity contribution in [3.05, 3.63) is 95.0 Å². The lowest BCUT2D eigenvalue weighted by Crippen LogP contribution is -2.33. The van der Waals surface area contributed by atoms with Gasteiger partial charge in [-0.25, -0.2) is 4.98 Å². The smallest absolute Gasteiger partial charge is 0.238 e. The van der Waals surface area contributed by atoms with Crippen LogP contribution in [0.1, 0.15) is 35.0 Å². The molecule has 0 saturated carbocycles. The van der Waals surface area contributed by atoms with E-state index in [0.29, 0.717) is 6.54 Å². The van der Waals surface area contributed by atoms with Crippen molar-refractivity contribution in [2.45, 2.75) is 25.3 Å². The molecule has 0 spiro atoms. The standard InChI is InChI=1S/C26H25N3OS/c30-25(27-21-12-5-4-11-20(21)17-19-9-2-1-3-10-19)18-29-16-8-14-23(29)26-28-22-13-6-7-15-24(22)31-26/h1-7,9-13,15,23H,8,14,16-18H2,(H,27,30). The van der Waals surface area contributed by atoms with Gasteiger partial charge in [-0.15, -0.1) is 11.3 Å². The normalized spacial score (nSPS) is 16.6. The van der Waals surface area contributed by atoms with Crippen molar-refractivity contribution in [2.75, 3.05) is 18.4 Å². The Labute approximate surface area is 186 Å². The van der Waals surface area contributed by atoms with E-state index in [4.69, 9.17) is 4.98 Å². The Hall–Kier alpha value is -3.02. The topological polar surface area (TPSA) is 45.2 Å². The van der Waals surface area contributed by atoms with Gasteiger partial charge in [-0.05, 0) is 55.1 Å².